The van der Waals surface area contributed by atoms with Gasteiger partial charge in [-0.2, -0.15) is 0 Å². The summed E-state index contributed by atoms with van der Waals surface area (Å²) in [6, 6.07) is 0.651. The molecule has 112 valence electrons. The van der Waals surface area contributed by atoms with E-state index in [0.29, 0.717) is 17.4 Å². The number of piperidine rings is 1. The minimum Gasteiger partial charge on any atom is -0.381 e. The standard InChI is InChI=1S/C16H32N2O/c1-4-16(5-2)7-9-18(10-8-16)12-14-13-19-11-6-15(14)17-3/h14-15,17H,4-13H2,1-3H3. The van der Waals surface area contributed by atoms with Crippen molar-refractivity contribution in [2.45, 2.75) is 52.0 Å². The minimum atomic E-state index is 0.641. The highest BCUT2D eigenvalue weighted by atomic mass is 16.5. The summed E-state index contributed by atoms with van der Waals surface area (Å²) in [7, 11) is 2.10. The quantitative estimate of drug-likeness (QED) is 0.829. The van der Waals surface area contributed by atoms with Gasteiger partial charge in [-0.05, 0) is 44.8 Å². The van der Waals surface area contributed by atoms with Gasteiger partial charge in [0.05, 0.1) is 6.61 Å². The monoisotopic (exact) mass is 268 g/mol. The maximum Gasteiger partial charge on any atom is 0.0521 e. The molecule has 2 fully saturated rings. The number of hydrogen-bond acceptors (Lipinski definition) is 3. The maximum atomic E-state index is 5.67. The maximum absolute atomic E-state index is 5.67. The Labute approximate surface area is 119 Å². The van der Waals surface area contributed by atoms with Gasteiger partial charge in [-0.15, -0.1) is 0 Å². The molecule has 2 saturated heterocycles. The van der Waals surface area contributed by atoms with Crippen molar-refractivity contribution in [2.24, 2.45) is 11.3 Å². The van der Waals surface area contributed by atoms with Crippen LogP contribution in [0.3, 0.4) is 0 Å². The Morgan fingerprint density at radius 2 is 1.89 bits per heavy atom. The normalized spacial score (nSPS) is 32.4. The van der Waals surface area contributed by atoms with Crippen molar-refractivity contribution in [1.82, 2.24) is 10.2 Å². The third kappa shape index (κ3) is 3.71. The molecule has 2 unspecified atom stereocenters. The van der Waals surface area contributed by atoms with Gasteiger partial charge < -0.3 is 15.0 Å². The van der Waals surface area contributed by atoms with Gasteiger partial charge in [0.25, 0.3) is 0 Å². The molecule has 0 radical (unpaired) electrons. The SMILES string of the molecule is CCC1(CC)CCN(CC2COCCC2NC)CC1. The van der Waals surface area contributed by atoms with Gasteiger partial charge in [0.2, 0.25) is 0 Å². The Hall–Kier alpha value is -0.120. The fourth-order valence-corrected chi connectivity index (χ4v) is 3.86. The first kappa shape index (κ1) is 15.3. The summed E-state index contributed by atoms with van der Waals surface area (Å²) < 4.78 is 5.67. The molecule has 0 aromatic carbocycles. The van der Waals surface area contributed by atoms with Gasteiger partial charge in [0, 0.05) is 25.1 Å². The Morgan fingerprint density at radius 3 is 2.47 bits per heavy atom. The molecular weight excluding hydrogens is 236 g/mol. The average Bonchev–Trinajstić information content (AvgIpc) is 2.49. The number of rotatable bonds is 5. The first-order chi connectivity index (χ1) is 9.23. The Morgan fingerprint density at radius 1 is 1.21 bits per heavy atom. The van der Waals surface area contributed by atoms with Crippen LogP contribution in [0, 0.1) is 11.3 Å². The number of likely N-dealkylation sites (tertiary alicyclic amines) is 1. The lowest BCUT2D eigenvalue weighted by Gasteiger charge is -2.43. The van der Waals surface area contributed by atoms with Crippen LogP contribution >= 0.6 is 0 Å². The van der Waals surface area contributed by atoms with E-state index in [-0.39, 0.29) is 0 Å². The fourth-order valence-electron chi connectivity index (χ4n) is 3.86. The Balaban J connectivity index is 1.81. The summed E-state index contributed by atoms with van der Waals surface area (Å²) in [6.07, 6.45) is 6.64. The van der Waals surface area contributed by atoms with Crippen LogP contribution in [0.5, 0.6) is 0 Å². The van der Waals surface area contributed by atoms with Crippen LogP contribution in [0.15, 0.2) is 0 Å². The van der Waals surface area contributed by atoms with E-state index in [1.54, 1.807) is 0 Å². The van der Waals surface area contributed by atoms with E-state index >= 15 is 0 Å². The molecule has 2 atom stereocenters. The van der Waals surface area contributed by atoms with Gasteiger partial charge in [-0.3, -0.25) is 0 Å². The molecule has 0 saturated carbocycles. The molecule has 1 N–H and O–H groups in total. The number of hydrogen-bond donors (Lipinski definition) is 1. The number of nitrogens with one attached hydrogen (secondary N) is 1. The third-order valence-corrected chi connectivity index (χ3v) is 5.75. The summed E-state index contributed by atoms with van der Waals surface area (Å²) in [5.41, 5.74) is 0.641. The zero-order chi connectivity index (χ0) is 13.7. The number of ether oxygens (including phenoxy) is 1. The molecule has 0 aromatic heterocycles. The highest BCUT2D eigenvalue weighted by Crippen LogP contribution is 2.38. The highest BCUT2D eigenvalue weighted by molar-refractivity contribution is 4.87. The average molecular weight is 268 g/mol. The van der Waals surface area contributed by atoms with E-state index in [9.17, 15) is 0 Å². The Kier molecular flexibility index (Phi) is 5.67. The van der Waals surface area contributed by atoms with E-state index in [1.807, 2.05) is 0 Å². The van der Waals surface area contributed by atoms with Crippen LogP contribution in [-0.4, -0.2) is 50.8 Å². The van der Waals surface area contributed by atoms with Crippen LogP contribution in [0.25, 0.3) is 0 Å². The van der Waals surface area contributed by atoms with E-state index in [2.05, 4.69) is 31.1 Å². The van der Waals surface area contributed by atoms with E-state index in [1.165, 1.54) is 51.7 Å². The molecule has 2 rings (SSSR count). The van der Waals surface area contributed by atoms with Crippen LogP contribution in [0.2, 0.25) is 0 Å². The summed E-state index contributed by atoms with van der Waals surface area (Å²) in [6.45, 7) is 10.4. The topological polar surface area (TPSA) is 24.5 Å². The zero-order valence-corrected chi connectivity index (χ0v) is 13.1. The first-order valence-electron chi connectivity index (χ1n) is 8.20. The van der Waals surface area contributed by atoms with Crippen molar-refractivity contribution < 1.29 is 4.74 Å². The predicted molar refractivity (Wildman–Crippen MR) is 80.5 cm³/mol. The van der Waals surface area contributed by atoms with Crippen molar-refractivity contribution in [3.8, 4) is 0 Å². The van der Waals surface area contributed by atoms with Gasteiger partial charge >= 0.3 is 0 Å². The second-order valence-corrected chi connectivity index (χ2v) is 6.53. The molecule has 3 nitrogen and oxygen atoms in total. The molecule has 19 heavy (non-hydrogen) atoms. The molecule has 0 aliphatic carbocycles. The zero-order valence-electron chi connectivity index (χ0n) is 13.1. The van der Waals surface area contributed by atoms with Crippen molar-refractivity contribution >= 4 is 0 Å². The highest BCUT2D eigenvalue weighted by Gasteiger charge is 2.33. The molecule has 0 spiro atoms. The third-order valence-electron chi connectivity index (χ3n) is 5.75. The summed E-state index contributed by atoms with van der Waals surface area (Å²) in [5.74, 6) is 0.675. The lowest BCUT2D eigenvalue weighted by Crippen LogP contribution is -2.49. The van der Waals surface area contributed by atoms with E-state index < -0.39 is 0 Å². The minimum absolute atomic E-state index is 0.641. The van der Waals surface area contributed by atoms with Gasteiger partial charge in [0.15, 0.2) is 0 Å². The predicted octanol–water partition coefficient (Wildman–Crippen LogP) is 2.51. The molecule has 3 heteroatoms. The first-order valence-corrected chi connectivity index (χ1v) is 8.20. The summed E-state index contributed by atoms with van der Waals surface area (Å²) >= 11 is 0. The van der Waals surface area contributed by atoms with Crippen molar-refractivity contribution in [3.05, 3.63) is 0 Å². The summed E-state index contributed by atoms with van der Waals surface area (Å²) in [4.78, 5) is 2.67. The Bertz CT molecular complexity index is 255. The molecule has 2 aliphatic rings. The van der Waals surface area contributed by atoms with Crippen LogP contribution in [0.1, 0.15) is 46.0 Å². The van der Waals surface area contributed by atoms with Gasteiger partial charge in [0.1, 0.15) is 0 Å². The molecule has 0 aromatic rings. The van der Waals surface area contributed by atoms with Crippen LogP contribution in [-0.2, 0) is 4.74 Å². The molecule has 0 bridgehead atoms. The second kappa shape index (κ2) is 7.05. The largest absolute Gasteiger partial charge is 0.381 e. The molecule has 2 aliphatic heterocycles. The van der Waals surface area contributed by atoms with Crippen molar-refractivity contribution in [1.29, 1.82) is 0 Å². The van der Waals surface area contributed by atoms with E-state index in [0.717, 1.165) is 13.2 Å². The number of nitrogens with zero attached hydrogens (tertiary/aromatic N) is 1. The fraction of sp³-hybridized carbons (Fsp3) is 1.00. The van der Waals surface area contributed by atoms with Crippen molar-refractivity contribution in [2.75, 3.05) is 39.9 Å². The smallest absolute Gasteiger partial charge is 0.0521 e. The van der Waals surface area contributed by atoms with Crippen molar-refractivity contribution in [3.63, 3.8) is 0 Å². The lowest BCUT2D eigenvalue weighted by molar-refractivity contribution is 0.00561. The van der Waals surface area contributed by atoms with Crippen LogP contribution < -0.4 is 5.32 Å². The van der Waals surface area contributed by atoms with E-state index in [4.69, 9.17) is 4.74 Å². The molecule has 0 amide bonds. The summed E-state index contributed by atoms with van der Waals surface area (Å²) in [5, 5.41) is 3.48. The van der Waals surface area contributed by atoms with Gasteiger partial charge in [-0.25, -0.2) is 0 Å². The molecule has 2 heterocycles. The molecular formula is C16H32N2O. The van der Waals surface area contributed by atoms with Gasteiger partial charge in [-0.1, -0.05) is 26.7 Å². The van der Waals surface area contributed by atoms with Crippen LogP contribution in [0.4, 0.5) is 0 Å². The second-order valence-electron chi connectivity index (χ2n) is 6.53. The lowest BCUT2D eigenvalue weighted by atomic mass is 9.74.